The predicted molar refractivity (Wildman–Crippen MR) is 323 cm³/mol. The van der Waals surface area contributed by atoms with Crippen LogP contribution in [0, 0.1) is 0 Å². The summed E-state index contributed by atoms with van der Waals surface area (Å²) in [6, 6.07) is 104. The Balaban J connectivity index is 0.856. The molecule has 1 heterocycles. The van der Waals surface area contributed by atoms with Gasteiger partial charge in [-0.15, -0.1) is 0 Å². The van der Waals surface area contributed by atoms with Crippen LogP contribution in [0.1, 0.15) is 0 Å². The van der Waals surface area contributed by atoms with Crippen molar-refractivity contribution < 1.29 is 4.42 Å². The highest BCUT2D eigenvalue weighted by Crippen LogP contribution is 2.48. The number of nitrogens with zero attached hydrogens (tertiary/aromatic N) is 1. The van der Waals surface area contributed by atoms with Gasteiger partial charge in [0.25, 0.3) is 0 Å². The lowest BCUT2D eigenvalue weighted by molar-refractivity contribution is 0.670. The topological polar surface area (TPSA) is 16.4 Å². The number of fused-ring (bicyclic) bond motifs is 9. The highest BCUT2D eigenvalue weighted by atomic mass is 16.3. The molecule has 0 aliphatic heterocycles. The molecule has 0 aliphatic carbocycles. The van der Waals surface area contributed by atoms with E-state index in [2.05, 4.69) is 290 Å². The van der Waals surface area contributed by atoms with Crippen molar-refractivity contribution in [2.45, 2.75) is 0 Å². The number of furan rings is 1. The molecule has 0 bridgehead atoms. The van der Waals surface area contributed by atoms with Gasteiger partial charge < -0.3 is 9.32 Å². The molecule has 1 aromatic heterocycles. The summed E-state index contributed by atoms with van der Waals surface area (Å²) < 4.78 is 7.26. The minimum atomic E-state index is 0.845. The van der Waals surface area contributed by atoms with E-state index in [1.165, 1.54) is 76.5 Å². The largest absolute Gasteiger partial charge is 0.453 e. The van der Waals surface area contributed by atoms with Crippen molar-refractivity contribution in [1.29, 1.82) is 0 Å². The van der Waals surface area contributed by atoms with Crippen LogP contribution in [0.4, 0.5) is 17.1 Å². The van der Waals surface area contributed by atoms with E-state index in [0.717, 1.165) is 72.0 Å². The fourth-order valence-corrected chi connectivity index (χ4v) is 11.8. The monoisotopic (exact) mass is 965 g/mol. The van der Waals surface area contributed by atoms with Crippen LogP contribution in [-0.2, 0) is 0 Å². The van der Waals surface area contributed by atoms with E-state index in [1.807, 2.05) is 0 Å². The Morgan fingerprint density at radius 1 is 0.224 bits per heavy atom. The highest BCUT2D eigenvalue weighted by Gasteiger charge is 2.24. The van der Waals surface area contributed by atoms with Crippen LogP contribution < -0.4 is 4.90 Å². The van der Waals surface area contributed by atoms with E-state index in [1.54, 1.807) is 0 Å². The summed E-state index contributed by atoms with van der Waals surface area (Å²) in [5.74, 6) is 0. The first-order chi connectivity index (χ1) is 37.6. The maximum atomic E-state index is 7.26. The maximum absolute atomic E-state index is 7.26. The third kappa shape index (κ3) is 7.42. The Bertz CT molecular complexity index is 4740. The minimum Gasteiger partial charge on any atom is -0.453 e. The fraction of sp³-hybridized carbons (Fsp3) is 0. The molecule has 0 unspecified atom stereocenters. The summed E-state index contributed by atoms with van der Waals surface area (Å²) in [7, 11) is 0. The Labute approximate surface area is 440 Å². The molecular weight excluding hydrogens is 919 g/mol. The molecule has 354 valence electrons. The second-order valence-electron chi connectivity index (χ2n) is 20.0. The van der Waals surface area contributed by atoms with Crippen molar-refractivity contribution in [2.75, 3.05) is 4.90 Å². The third-order valence-corrected chi connectivity index (χ3v) is 15.6. The second kappa shape index (κ2) is 17.9. The van der Waals surface area contributed by atoms with Gasteiger partial charge in [-0.05, 0) is 159 Å². The molecule has 0 fully saturated rings. The zero-order valence-electron chi connectivity index (χ0n) is 41.5. The van der Waals surface area contributed by atoms with Gasteiger partial charge in [0.2, 0.25) is 0 Å². The van der Waals surface area contributed by atoms with Crippen molar-refractivity contribution in [1.82, 2.24) is 0 Å². The normalized spacial score (nSPS) is 11.7. The van der Waals surface area contributed by atoms with Gasteiger partial charge in [-0.25, -0.2) is 0 Å². The van der Waals surface area contributed by atoms with Gasteiger partial charge in [-0.2, -0.15) is 0 Å². The number of anilines is 3. The van der Waals surface area contributed by atoms with Crippen molar-refractivity contribution >= 4 is 92.9 Å². The zero-order chi connectivity index (χ0) is 50.1. The summed E-state index contributed by atoms with van der Waals surface area (Å²) in [6.45, 7) is 0. The number of rotatable bonds is 8. The molecule has 0 saturated carbocycles. The number of benzene rings is 14. The first-order valence-electron chi connectivity index (χ1n) is 26.1. The molecular formula is C74H47NO. The van der Waals surface area contributed by atoms with Gasteiger partial charge in [-0.1, -0.05) is 231 Å². The molecule has 15 rings (SSSR count). The van der Waals surface area contributed by atoms with Crippen LogP contribution in [0.25, 0.3) is 131 Å². The molecule has 14 aromatic carbocycles. The van der Waals surface area contributed by atoms with Gasteiger partial charge in [0.1, 0.15) is 5.58 Å². The first kappa shape index (κ1) is 43.6. The standard InChI is InChI=1S/C74H47NO/c1-2-15-51(16-3-1)67-23-12-24-70-72-66-20-9-8-19-60(66)47-71(74(72)76-73(67)70)75(62-37-33-50(34-38-62)55-28-29-58-45-59(31-30-57(58)44-55)56-27-25-48-13-4-6-17-53(48)43-56)63-39-35-52(36-40-63)64-41-42-65(69-22-11-10-21-68(64)69)61-32-26-49-14-5-7-18-54(49)46-61/h1-47H. The summed E-state index contributed by atoms with van der Waals surface area (Å²) in [4.78, 5) is 2.38. The molecule has 0 saturated heterocycles. The predicted octanol–water partition coefficient (Wildman–Crippen LogP) is 21.2. The second-order valence-corrected chi connectivity index (χ2v) is 20.0. The van der Waals surface area contributed by atoms with Crippen LogP contribution >= 0.6 is 0 Å². The summed E-state index contributed by atoms with van der Waals surface area (Å²) in [5, 5.41) is 14.4. The van der Waals surface area contributed by atoms with Gasteiger partial charge >= 0.3 is 0 Å². The number of hydrogen-bond acceptors (Lipinski definition) is 2. The van der Waals surface area contributed by atoms with Crippen LogP contribution in [-0.4, -0.2) is 0 Å². The number of hydrogen-bond donors (Lipinski definition) is 0. The van der Waals surface area contributed by atoms with E-state index in [4.69, 9.17) is 4.42 Å². The van der Waals surface area contributed by atoms with Crippen molar-refractivity contribution in [2.24, 2.45) is 0 Å². The van der Waals surface area contributed by atoms with Crippen LogP contribution in [0.15, 0.2) is 290 Å². The van der Waals surface area contributed by atoms with Crippen molar-refractivity contribution in [3.05, 3.63) is 285 Å². The summed E-state index contributed by atoms with van der Waals surface area (Å²) in [5.41, 5.74) is 16.5. The minimum absolute atomic E-state index is 0.845. The SMILES string of the molecule is c1ccc(-c2cccc3c2oc2c(N(c4ccc(-c5ccc6cc(-c7ccc8ccccc8c7)ccc6c5)cc4)c4ccc(-c5ccc(-c6ccc7ccccc7c6)c6ccccc56)cc4)cc4ccccc4c23)cc1. The van der Waals surface area contributed by atoms with Crippen LogP contribution in [0.2, 0.25) is 0 Å². The molecule has 0 amide bonds. The lowest BCUT2D eigenvalue weighted by Gasteiger charge is -2.26. The summed E-state index contributed by atoms with van der Waals surface area (Å²) >= 11 is 0. The molecule has 0 N–H and O–H groups in total. The Hall–Kier alpha value is -10.0. The Morgan fingerprint density at radius 3 is 1.26 bits per heavy atom. The third-order valence-electron chi connectivity index (χ3n) is 15.6. The van der Waals surface area contributed by atoms with Gasteiger partial charge in [0.05, 0.1) is 5.69 Å². The maximum Gasteiger partial charge on any atom is 0.160 e. The molecule has 0 spiro atoms. The summed E-state index contributed by atoms with van der Waals surface area (Å²) in [6.07, 6.45) is 0. The lowest BCUT2D eigenvalue weighted by atomic mass is 9.91. The molecule has 15 aromatic rings. The highest BCUT2D eigenvalue weighted by molar-refractivity contribution is 6.24. The average molecular weight is 966 g/mol. The van der Waals surface area contributed by atoms with E-state index >= 15 is 0 Å². The van der Waals surface area contributed by atoms with E-state index < -0.39 is 0 Å². The van der Waals surface area contributed by atoms with E-state index in [0.29, 0.717) is 0 Å². The number of para-hydroxylation sites is 1. The van der Waals surface area contributed by atoms with Gasteiger partial charge in [0.15, 0.2) is 5.58 Å². The first-order valence-corrected chi connectivity index (χ1v) is 26.1. The molecule has 2 heteroatoms. The van der Waals surface area contributed by atoms with Gasteiger partial charge in [-0.3, -0.25) is 0 Å². The van der Waals surface area contributed by atoms with Crippen molar-refractivity contribution in [3.8, 4) is 55.6 Å². The van der Waals surface area contributed by atoms with Crippen LogP contribution in [0.5, 0.6) is 0 Å². The molecule has 76 heavy (non-hydrogen) atoms. The van der Waals surface area contributed by atoms with Gasteiger partial charge in [0, 0.05) is 27.7 Å². The smallest absolute Gasteiger partial charge is 0.160 e. The molecule has 0 aliphatic rings. The zero-order valence-corrected chi connectivity index (χ0v) is 41.5. The van der Waals surface area contributed by atoms with E-state index in [-0.39, 0.29) is 0 Å². The quantitative estimate of drug-likeness (QED) is 0.151. The van der Waals surface area contributed by atoms with Crippen molar-refractivity contribution in [3.63, 3.8) is 0 Å². The van der Waals surface area contributed by atoms with Crippen LogP contribution in [0.3, 0.4) is 0 Å². The molecule has 2 nitrogen and oxygen atoms in total. The lowest BCUT2D eigenvalue weighted by Crippen LogP contribution is -2.10. The molecule has 0 radical (unpaired) electrons. The van der Waals surface area contributed by atoms with E-state index in [9.17, 15) is 0 Å². The Kier molecular flexibility index (Phi) is 10.2. The Morgan fingerprint density at radius 2 is 0.645 bits per heavy atom. The fourth-order valence-electron chi connectivity index (χ4n) is 11.8. The average Bonchev–Trinajstić information content (AvgIpc) is 3.90. The molecule has 0 atom stereocenters.